The molecular formula is C13H18N6OS. The van der Waals surface area contributed by atoms with Gasteiger partial charge in [0.1, 0.15) is 17.5 Å². The molecule has 0 unspecified atom stereocenters. The van der Waals surface area contributed by atoms with E-state index in [1.165, 1.54) is 11.8 Å². The number of thioether (sulfide) groups is 1. The molecule has 0 amide bonds. The number of ether oxygens (including phenoxy) is 1. The van der Waals surface area contributed by atoms with Gasteiger partial charge in [-0.25, -0.2) is 9.97 Å². The molecule has 3 heterocycles. The molecule has 0 saturated carbocycles. The second-order valence-corrected chi connectivity index (χ2v) is 5.44. The fourth-order valence-electron chi connectivity index (χ4n) is 2.15. The summed E-state index contributed by atoms with van der Waals surface area (Å²) in [6.45, 7) is 3.19. The van der Waals surface area contributed by atoms with Crippen LogP contribution >= 0.6 is 11.8 Å². The van der Waals surface area contributed by atoms with E-state index in [1.54, 1.807) is 10.9 Å². The van der Waals surface area contributed by atoms with E-state index < -0.39 is 0 Å². The minimum absolute atomic E-state index is 0.739. The lowest BCUT2D eigenvalue weighted by molar-refractivity contribution is 0.122. The molecule has 0 radical (unpaired) electrons. The number of rotatable bonds is 4. The van der Waals surface area contributed by atoms with Crippen LogP contribution in [0.1, 0.15) is 0 Å². The van der Waals surface area contributed by atoms with Crippen LogP contribution in [-0.4, -0.2) is 52.3 Å². The molecule has 3 rings (SSSR count). The Morgan fingerprint density at radius 1 is 1.29 bits per heavy atom. The van der Waals surface area contributed by atoms with Crippen LogP contribution < -0.4 is 10.2 Å². The lowest BCUT2D eigenvalue weighted by Gasteiger charge is -2.28. The minimum atomic E-state index is 0.739. The van der Waals surface area contributed by atoms with E-state index in [9.17, 15) is 0 Å². The fraction of sp³-hybridized carbons (Fsp3) is 0.462. The monoisotopic (exact) mass is 306 g/mol. The van der Waals surface area contributed by atoms with Crippen LogP contribution in [0.3, 0.4) is 0 Å². The van der Waals surface area contributed by atoms with Crippen molar-refractivity contribution in [1.82, 2.24) is 19.7 Å². The number of morpholine rings is 1. The first-order chi connectivity index (χ1) is 10.3. The van der Waals surface area contributed by atoms with Gasteiger partial charge in [0.05, 0.1) is 19.4 Å². The second kappa shape index (κ2) is 6.31. The van der Waals surface area contributed by atoms with Crippen LogP contribution in [-0.2, 0) is 11.8 Å². The van der Waals surface area contributed by atoms with E-state index in [4.69, 9.17) is 4.74 Å². The van der Waals surface area contributed by atoms with Crippen molar-refractivity contribution in [1.29, 1.82) is 0 Å². The summed E-state index contributed by atoms with van der Waals surface area (Å²) in [5.41, 5.74) is 0. The number of hydrogen-bond donors (Lipinski definition) is 1. The number of nitrogens with zero attached hydrogens (tertiary/aromatic N) is 5. The predicted molar refractivity (Wildman–Crippen MR) is 83.3 cm³/mol. The maximum Gasteiger partial charge on any atom is 0.191 e. The Hall–Kier alpha value is -1.80. The van der Waals surface area contributed by atoms with Gasteiger partial charge in [0.2, 0.25) is 0 Å². The summed E-state index contributed by atoms with van der Waals surface area (Å²) < 4.78 is 7.16. The van der Waals surface area contributed by atoms with Gasteiger partial charge < -0.3 is 15.0 Å². The third kappa shape index (κ3) is 3.27. The number of hydrogen-bond acceptors (Lipinski definition) is 7. The molecule has 1 saturated heterocycles. The first kappa shape index (κ1) is 14.2. The lowest BCUT2D eigenvalue weighted by atomic mass is 10.4. The minimum Gasteiger partial charge on any atom is -0.378 e. The van der Waals surface area contributed by atoms with Crippen LogP contribution in [0.5, 0.6) is 0 Å². The van der Waals surface area contributed by atoms with Crippen molar-refractivity contribution in [2.75, 3.05) is 42.8 Å². The molecule has 0 atom stereocenters. The summed E-state index contributed by atoms with van der Waals surface area (Å²) >= 11 is 1.54. The molecule has 1 aliphatic rings. The smallest absolute Gasteiger partial charge is 0.191 e. The van der Waals surface area contributed by atoms with E-state index in [0.29, 0.717) is 0 Å². The second-order valence-electron chi connectivity index (χ2n) is 4.66. The largest absolute Gasteiger partial charge is 0.378 e. The Morgan fingerprint density at radius 2 is 2.10 bits per heavy atom. The Morgan fingerprint density at radius 3 is 2.76 bits per heavy atom. The van der Waals surface area contributed by atoms with E-state index in [2.05, 4.69) is 25.3 Å². The average molecular weight is 306 g/mol. The van der Waals surface area contributed by atoms with Crippen LogP contribution in [0.2, 0.25) is 0 Å². The standard InChI is InChI=1S/C13H18N6OS/c1-18-11(3-4-14-18)15-10-9-12(17-13(16-10)21-2)19-5-7-20-8-6-19/h3-4,9H,5-8H2,1-2H3,(H,15,16,17). The summed E-state index contributed by atoms with van der Waals surface area (Å²) in [4.78, 5) is 11.3. The van der Waals surface area contributed by atoms with Gasteiger partial charge in [-0.1, -0.05) is 11.8 Å². The molecule has 0 spiro atoms. The van der Waals surface area contributed by atoms with E-state index in [1.807, 2.05) is 25.4 Å². The first-order valence-corrected chi connectivity index (χ1v) is 7.99. The van der Waals surface area contributed by atoms with Gasteiger partial charge in [-0.05, 0) is 6.26 Å². The van der Waals surface area contributed by atoms with Crippen molar-refractivity contribution >= 4 is 29.2 Å². The van der Waals surface area contributed by atoms with Gasteiger partial charge in [-0.2, -0.15) is 5.10 Å². The van der Waals surface area contributed by atoms with Gasteiger partial charge in [-0.3, -0.25) is 4.68 Å². The molecule has 1 aliphatic heterocycles. The van der Waals surface area contributed by atoms with Crippen LogP contribution in [0.25, 0.3) is 0 Å². The van der Waals surface area contributed by atoms with E-state index in [-0.39, 0.29) is 0 Å². The summed E-state index contributed by atoms with van der Waals surface area (Å²) in [6.07, 6.45) is 3.73. The first-order valence-electron chi connectivity index (χ1n) is 6.77. The summed E-state index contributed by atoms with van der Waals surface area (Å²) in [5.74, 6) is 2.61. The Kier molecular flexibility index (Phi) is 4.26. The third-order valence-corrected chi connectivity index (χ3v) is 3.83. The van der Waals surface area contributed by atoms with Crippen molar-refractivity contribution in [3.05, 3.63) is 18.3 Å². The highest BCUT2D eigenvalue weighted by atomic mass is 32.2. The molecule has 1 fully saturated rings. The molecule has 2 aromatic heterocycles. The van der Waals surface area contributed by atoms with Gasteiger partial charge >= 0.3 is 0 Å². The van der Waals surface area contributed by atoms with E-state index in [0.717, 1.165) is 48.9 Å². The van der Waals surface area contributed by atoms with Crippen LogP contribution in [0, 0.1) is 0 Å². The molecular weight excluding hydrogens is 288 g/mol. The number of nitrogens with one attached hydrogen (secondary N) is 1. The topological polar surface area (TPSA) is 68.1 Å². The highest BCUT2D eigenvalue weighted by Crippen LogP contribution is 2.23. The van der Waals surface area contributed by atoms with Gasteiger partial charge in [0.15, 0.2) is 5.16 Å². The van der Waals surface area contributed by atoms with Crippen molar-refractivity contribution in [3.63, 3.8) is 0 Å². The number of aromatic nitrogens is 4. The molecule has 7 nitrogen and oxygen atoms in total. The Balaban J connectivity index is 1.87. The maximum atomic E-state index is 5.39. The quantitative estimate of drug-likeness (QED) is 0.678. The van der Waals surface area contributed by atoms with Gasteiger partial charge in [0.25, 0.3) is 0 Å². The molecule has 2 aromatic rings. The Bertz CT molecular complexity index is 610. The fourth-order valence-corrected chi connectivity index (χ4v) is 2.52. The lowest BCUT2D eigenvalue weighted by Crippen LogP contribution is -2.36. The third-order valence-electron chi connectivity index (χ3n) is 3.29. The highest BCUT2D eigenvalue weighted by molar-refractivity contribution is 7.98. The van der Waals surface area contributed by atoms with Gasteiger partial charge in [0, 0.05) is 32.3 Å². The molecule has 112 valence electrons. The molecule has 1 N–H and O–H groups in total. The zero-order chi connectivity index (χ0) is 14.7. The summed E-state index contributed by atoms with van der Waals surface area (Å²) in [7, 11) is 1.89. The zero-order valence-corrected chi connectivity index (χ0v) is 12.9. The van der Waals surface area contributed by atoms with Gasteiger partial charge in [-0.15, -0.1) is 0 Å². The summed E-state index contributed by atoms with van der Waals surface area (Å²) in [5, 5.41) is 8.18. The van der Waals surface area contributed by atoms with Crippen molar-refractivity contribution in [2.24, 2.45) is 7.05 Å². The number of aryl methyl sites for hydroxylation is 1. The molecule has 21 heavy (non-hydrogen) atoms. The maximum absolute atomic E-state index is 5.39. The normalized spacial score (nSPS) is 15.2. The van der Waals surface area contributed by atoms with Crippen molar-refractivity contribution in [3.8, 4) is 0 Å². The highest BCUT2D eigenvalue weighted by Gasteiger charge is 2.15. The van der Waals surface area contributed by atoms with E-state index >= 15 is 0 Å². The summed E-state index contributed by atoms with van der Waals surface area (Å²) in [6, 6.07) is 3.88. The van der Waals surface area contributed by atoms with Crippen molar-refractivity contribution < 1.29 is 4.74 Å². The average Bonchev–Trinajstić information content (AvgIpc) is 2.93. The molecule has 0 aliphatic carbocycles. The number of anilines is 3. The van der Waals surface area contributed by atoms with Crippen LogP contribution in [0.4, 0.5) is 17.5 Å². The molecule has 8 heteroatoms. The SMILES string of the molecule is CSc1nc(Nc2ccnn2C)cc(N2CCOCC2)n1. The van der Waals surface area contributed by atoms with Crippen LogP contribution in [0.15, 0.2) is 23.5 Å². The Labute approximate surface area is 127 Å². The molecule has 0 aromatic carbocycles. The predicted octanol–water partition coefficient (Wildman–Crippen LogP) is 1.51. The zero-order valence-electron chi connectivity index (χ0n) is 12.1. The molecule has 0 bridgehead atoms. The van der Waals surface area contributed by atoms with Crippen molar-refractivity contribution in [2.45, 2.75) is 5.16 Å².